The molecule has 1 heterocycles. The molecule has 0 aliphatic carbocycles. The van der Waals surface area contributed by atoms with Gasteiger partial charge in [-0.3, -0.25) is 4.99 Å². The molecule has 0 radical (unpaired) electrons. The largest absolute Gasteiger partial charge is 0.396 e. The summed E-state index contributed by atoms with van der Waals surface area (Å²) >= 11 is 0. The van der Waals surface area contributed by atoms with Gasteiger partial charge in [-0.1, -0.05) is 6.07 Å². The predicted molar refractivity (Wildman–Crippen MR) is 70.6 cm³/mol. The lowest BCUT2D eigenvalue weighted by Gasteiger charge is -2.18. The first-order chi connectivity index (χ1) is 8.83. The van der Waals surface area contributed by atoms with Crippen molar-refractivity contribution in [3.05, 3.63) is 29.6 Å². The summed E-state index contributed by atoms with van der Waals surface area (Å²) in [5.74, 6) is 0.336. The molecule has 0 fully saturated rings. The molecule has 2 rings (SSSR count). The summed E-state index contributed by atoms with van der Waals surface area (Å²) in [4.78, 5) is 4.33. The van der Waals surface area contributed by atoms with Crippen molar-refractivity contribution in [1.82, 2.24) is 5.32 Å². The lowest BCUT2D eigenvalue weighted by Crippen LogP contribution is -2.31. The highest BCUT2D eigenvalue weighted by molar-refractivity contribution is 6.04. The Morgan fingerprint density at radius 1 is 1.44 bits per heavy atom. The van der Waals surface area contributed by atoms with Crippen LogP contribution in [0, 0.1) is 5.82 Å². The maximum absolute atomic E-state index is 13.9. The second kappa shape index (κ2) is 6.35. The van der Waals surface area contributed by atoms with Crippen LogP contribution >= 0.6 is 0 Å². The summed E-state index contributed by atoms with van der Waals surface area (Å²) in [5.41, 5.74) is 1.21. The number of hydrogen-bond acceptors (Lipinski definition) is 4. The minimum absolute atomic E-state index is 0.122. The van der Waals surface area contributed by atoms with Crippen molar-refractivity contribution in [3.63, 3.8) is 0 Å². The maximum Gasteiger partial charge on any atom is 0.136 e. The van der Waals surface area contributed by atoms with Crippen LogP contribution in [-0.2, 0) is 0 Å². The Labute approximate surface area is 106 Å². The molecule has 3 N–H and O–H groups in total. The number of nitrogens with zero attached hydrogens (tertiary/aromatic N) is 1. The highest BCUT2D eigenvalue weighted by Crippen LogP contribution is 2.20. The smallest absolute Gasteiger partial charge is 0.136 e. The maximum atomic E-state index is 13.9. The van der Waals surface area contributed by atoms with Crippen LogP contribution in [0.5, 0.6) is 0 Å². The van der Waals surface area contributed by atoms with Gasteiger partial charge in [0.25, 0.3) is 0 Å². The summed E-state index contributed by atoms with van der Waals surface area (Å²) in [7, 11) is 0. The predicted octanol–water partition coefficient (Wildman–Crippen LogP) is 1.36. The molecule has 1 aromatic rings. The second-order valence-corrected chi connectivity index (χ2v) is 4.18. The summed E-state index contributed by atoms with van der Waals surface area (Å²) < 4.78 is 13.9. The molecule has 0 saturated heterocycles. The highest BCUT2D eigenvalue weighted by Gasteiger charge is 2.16. The molecule has 18 heavy (non-hydrogen) atoms. The Hall–Kier alpha value is -1.62. The molecule has 1 aliphatic heterocycles. The lowest BCUT2D eigenvalue weighted by molar-refractivity contribution is 0.292. The molecular weight excluding hydrogens is 233 g/mol. The van der Waals surface area contributed by atoms with Crippen LogP contribution in [-0.4, -0.2) is 37.2 Å². The van der Waals surface area contributed by atoms with E-state index in [1.807, 2.05) is 6.07 Å². The van der Waals surface area contributed by atoms with Crippen molar-refractivity contribution >= 4 is 11.5 Å². The number of aliphatic imine (C=N–C) groups is 1. The van der Waals surface area contributed by atoms with E-state index >= 15 is 0 Å². The van der Waals surface area contributed by atoms with Crippen LogP contribution in [0.1, 0.15) is 18.4 Å². The average Bonchev–Trinajstić information content (AvgIpc) is 2.40. The molecule has 0 bridgehead atoms. The van der Waals surface area contributed by atoms with Gasteiger partial charge >= 0.3 is 0 Å². The normalized spacial score (nSPS) is 14.9. The molecule has 1 aliphatic rings. The zero-order chi connectivity index (χ0) is 12.8. The molecule has 98 valence electrons. The molecule has 0 saturated carbocycles. The molecule has 1 aromatic carbocycles. The van der Waals surface area contributed by atoms with Crippen LogP contribution in [0.25, 0.3) is 0 Å². The van der Waals surface area contributed by atoms with Crippen molar-refractivity contribution in [1.29, 1.82) is 0 Å². The van der Waals surface area contributed by atoms with Crippen molar-refractivity contribution in [2.45, 2.75) is 12.8 Å². The first kappa shape index (κ1) is 12.8. The van der Waals surface area contributed by atoms with Crippen molar-refractivity contribution in [2.75, 3.05) is 31.6 Å². The van der Waals surface area contributed by atoms with Gasteiger partial charge in [-0.25, -0.2) is 4.39 Å². The Kier molecular flexibility index (Phi) is 4.52. The van der Waals surface area contributed by atoms with E-state index in [9.17, 15) is 4.39 Å². The molecule has 0 unspecified atom stereocenters. The van der Waals surface area contributed by atoms with Crippen LogP contribution < -0.4 is 10.6 Å². The van der Waals surface area contributed by atoms with E-state index in [0.29, 0.717) is 24.4 Å². The monoisotopic (exact) mass is 251 g/mol. The van der Waals surface area contributed by atoms with Crippen LogP contribution in [0.3, 0.4) is 0 Å². The summed E-state index contributed by atoms with van der Waals surface area (Å²) in [6.07, 6.45) is 1.61. The van der Waals surface area contributed by atoms with E-state index in [-0.39, 0.29) is 12.4 Å². The van der Waals surface area contributed by atoms with E-state index in [4.69, 9.17) is 5.11 Å². The number of anilines is 1. The molecule has 0 amide bonds. The van der Waals surface area contributed by atoms with Gasteiger partial charge in [-0.2, -0.15) is 0 Å². The van der Waals surface area contributed by atoms with Gasteiger partial charge in [-0.15, -0.1) is 0 Å². The number of aliphatic hydroxyl groups excluding tert-OH is 1. The molecule has 0 aromatic heterocycles. The van der Waals surface area contributed by atoms with Gasteiger partial charge in [-0.05, 0) is 25.0 Å². The Balaban J connectivity index is 2.23. The average molecular weight is 251 g/mol. The van der Waals surface area contributed by atoms with Crippen LogP contribution in [0.4, 0.5) is 10.1 Å². The summed E-state index contributed by atoms with van der Waals surface area (Å²) in [6, 6.07) is 4.93. The number of amidine groups is 1. The fraction of sp³-hybridized carbons (Fsp3) is 0.462. The first-order valence-electron chi connectivity index (χ1n) is 6.25. The number of halogens is 1. The topological polar surface area (TPSA) is 56.6 Å². The Bertz CT molecular complexity index is 434. The summed E-state index contributed by atoms with van der Waals surface area (Å²) in [5, 5.41) is 15.0. The number of rotatable bonds is 5. The third-order valence-electron chi connectivity index (χ3n) is 2.80. The van der Waals surface area contributed by atoms with E-state index < -0.39 is 0 Å². The second-order valence-electron chi connectivity index (χ2n) is 4.18. The number of benzene rings is 1. The quantitative estimate of drug-likeness (QED) is 0.693. The van der Waals surface area contributed by atoms with Crippen molar-refractivity contribution in [2.24, 2.45) is 4.99 Å². The standard InChI is InChI=1S/C13H18FN3O/c14-10-4-1-5-11(15-8-3-9-18)12(10)13-16-6-2-7-17-13/h1,4-5,15,18H,2-3,6-9H2,(H,16,17). The molecule has 5 heteroatoms. The molecule has 0 atom stereocenters. The summed E-state index contributed by atoms with van der Waals surface area (Å²) in [6.45, 7) is 2.28. The molecule has 4 nitrogen and oxygen atoms in total. The van der Waals surface area contributed by atoms with Crippen molar-refractivity contribution < 1.29 is 9.50 Å². The van der Waals surface area contributed by atoms with Gasteiger partial charge in [0.05, 0.1) is 5.56 Å². The van der Waals surface area contributed by atoms with Crippen molar-refractivity contribution in [3.8, 4) is 0 Å². The fourth-order valence-corrected chi connectivity index (χ4v) is 1.91. The SMILES string of the molecule is OCCCNc1cccc(F)c1C1=NCCCN1. The lowest BCUT2D eigenvalue weighted by atomic mass is 10.1. The van der Waals surface area contributed by atoms with Gasteiger partial charge in [0.2, 0.25) is 0 Å². The Morgan fingerprint density at radius 2 is 2.33 bits per heavy atom. The van der Waals surface area contributed by atoms with E-state index in [2.05, 4.69) is 15.6 Å². The fourth-order valence-electron chi connectivity index (χ4n) is 1.91. The van der Waals surface area contributed by atoms with E-state index in [0.717, 1.165) is 25.2 Å². The number of nitrogens with one attached hydrogen (secondary N) is 2. The van der Waals surface area contributed by atoms with Crippen LogP contribution in [0.2, 0.25) is 0 Å². The minimum Gasteiger partial charge on any atom is -0.396 e. The van der Waals surface area contributed by atoms with Gasteiger partial charge < -0.3 is 15.7 Å². The van der Waals surface area contributed by atoms with E-state index in [1.54, 1.807) is 6.07 Å². The number of aliphatic hydroxyl groups is 1. The third-order valence-corrected chi connectivity index (χ3v) is 2.80. The zero-order valence-corrected chi connectivity index (χ0v) is 10.2. The minimum atomic E-state index is -0.280. The Morgan fingerprint density at radius 3 is 3.06 bits per heavy atom. The van der Waals surface area contributed by atoms with Gasteiger partial charge in [0.15, 0.2) is 0 Å². The van der Waals surface area contributed by atoms with E-state index in [1.165, 1.54) is 6.07 Å². The van der Waals surface area contributed by atoms with Crippen LogP contribution in [0.15, 0.2) is 23.2 Å². The third kappa shape index (κ3) is 2.98. The zero-order valence-electron chi connectivity index (χ0n) is 10.2. The molecule has 0 spiro atoms. The van der Waals surface area contributed by atoms with Gasteiger partial charge in [0, 0.05) is 31.9 Å². The first-order valence-corrected chi connectivity index (χ1v) is 6.25. The highest BCUT2D eigenvalue weighted by atomic mass is 19.1. The number of hydrogen-bond donors (Lipinski definition) is 3. The van der Waals surface area contributed by atoms with Gasteiger partial charge in [0.1, 0.15) is 11.7 Å². The molecular formula is C13H18FN3O.